The third kappa shape index (κ3) is 3.71. The summed E-state index contributed by atoms with van der Waals surface area (Å²) in [5.74, 6) is 1.24. The van der Waals surface area contributed by atoms with Crippen molar-refractivity contribution in [2.75, 3.05) is 44.7 Å². The number of carbonyl (C=O) groups is 2. The number of hydrogen-bond donors (Lipinski definition) is 1. The number of pyridine rings is 1. The molecule has 1 aromatic carbocycles. The van der Waals surface area contributed by atoms with Crippen molar-refractivity contribution in [1.82, 2.24) is 4.98 Å². The highest BCUT2D eigenvalue weighted by molar-refractivity contribution is 6.04. The summed E-state index contributed by atoms with van der Waals surface area (Å²) in [5, 5.41) is 2.72. The molecule has 2 heterocycles. The molecule has 0 fully saturated rings. The lowest BCUT2D eigenvalue weighted by Gasteiger charge is -2.27. The van der Waals surface area contributed by atoms with E-state index in [0.717, 1.165) is 0 Å². The second-order valence-electron chi connectivity index (χ2n) is 5.56. The Labute approximate surface area is 155 Å². The number of carbonyl (C=O) groups excluding carboxylic acids is 2. The minimum absolute atomic E-state index is 0.143. The molecule has 1 aromatic heterocycles. The van der Waals surface area contributed by atoms with E-state index in [1.807, 2.05) is 0 Å². The van der Waals surface area contributed by atoms with Gasteiger partial charge >= 0.3 is 0 Å². The average Bonchev–Trinajstić information content (AvgIpc) is 2.69. The molecule has 0 saturated carbocycles. The zero-order chi connectivity index (χ0) is 19.4. The van der Waals surface area contributed by atoms with Gasteiger partial charge in [0.1, 0.15) is 6.54 Å². The molecule has 0 bridgehead atoms. The molecule has 0 spiro atoms. The number of anilines is 2. The van der Waals surface area contributed by atoms with Crippen LogP contribution in [-0.2, 0) is 9.59 Å². The molecule has 0 atom stereocenters. The van der Waals surface area contributed by atoms with Crippen LogP contribution in [0.15, 0.2) is 30.5 Å². The van der Waals surface area contributed by atoms with Crippen molar-refractivity contribution in [2.45, 2.75) is 0 Å². The van der Waals surface area contributed by atoms with Crippen molar-refractivity contribution < 1.29 is 28.5 Å². The Kier molecular flexibility index (Phi) is 5.30. The Bertz CT molecular complexity index is 845. The van der Waals surface area contributed by atoms with Crippen molar-refractivity contribution in [3.63, 3.8) is 0 Å². The molecular weight excluding hydrogens is 354 g/mol. The van der Waals surface area contributed by atoms with Crippen molar-refractivity contribution in [2.24, 2.45) is 0 Å². The van der Waals surface area contributed by atoms with Crippen LogP contribution in [0.4, 0.5) is 11.5 Å². The molecule has 0 aliphatic carbocycles. The third-order valence-corrected chi connectivity index (χ3v) is 3.91. The Hall–Kier alpha value is -3.49. The third-order valence-electron chi connectivity index (χ3n) is 3.91. The number of ether oxygens (including phenoxy) is 4. The zero-order valence-corrected chi connectivity index (χ0v) is 15.1. The molecule has 27 heavy (non-hydrogen) atoms. The summed E-state index contributed by atoms with van der Waals surface area (Å²) < 4.78 is 21.1. The molecule has 9 heteroatoms. The minimum atomic E-state index is -0.406. The maximum absolute atomic E-state index is 12.5. The van der Waals surface area contributed by atoms with Crippen LogP contribution in [0.5, 0.6) is 23.0 Å². The maximum Gasteiger partial charge on any atom is 0.266 e. The molecule has 2 amide bonds. The molecule has 1 aliphatic heterocycles. The summed E-state index contributed by atoms with van der Waals surface area (Å²) in [6.45, 7) is -0.348. The molecule has 2 aromatic rings. The molecule has 3 rings (SSSR count). The van der Waals surface area contributed by atoms with Gasteiger partial charge in [0.2, 0.25) is 11.7 Å². The molecule has 1 N–H and O–H groups in total. The van der Waals surface area contributed by atoms with Gasteiger partial charge in [-0.25, -0.2) is 4.98 Å². The first-order chi connectivity index (χ1) is 13.1. The summed E-state index contributed by atoms with van der Waals surface area (Å²) in [5.41, 5.74) is 0.441. The number of methoxy groups -OCH3 is 3. The zero-order valence-electron chi connectivity index (χ0n) is 15.1. The van der Waals surface area contributed by atoms with Crippen LogP contribution < -0.4 is 29.2 Å². The van der Waals surface area contributed by atoms with Gasteiger partial charge in [0.15, 0.2) is 29.7 Å². The maximum atomic E-state index is 12.5. The molecule has 0 radical (unpaired) electrons. The van der Waals surface area contributed by atoms with E-state index in [1.54, 1.807) is 24.3 Å². The quantitative estimate of drug-likeness (QED) is 0.818. The number of aromatic nitrogens is 1. The molecule has 9 nitrogen and oxygen atoms in total. The second kappa shape index (κ2) is 7.81. The first-order valence-electron chi connectivity index (χ1n) is 8.05. The Morgan fingerprint density at radius 2 is 1.93 bits per heavy atom. The fraction of sp³-hybridized carbons (Fsp3) is 0.278. The smallest absolute Gasteiger partial charge is 0.266 e. The molecule has 0 unspecified atom stereocenters. The van der Waals surface area contributed by atoms with E-state index in [9.17, 15) is 9.59 Å². The molecule has 142 valence electrons. The minimum Gasteiger partial charge on any atom is -0.493 e. The van der Waals surface area contributed by atoms with E-state index < -0.39 is 5.91 Å². The molecule has 1 aliphatic rings. The highest BCUT2D eigenvalue weighted by Gasteiger charge is 2.28. The van der Waals surface area contributed by atoms with Crippen LogP contribution in [0.25, 0.3) is 0 Å². The van der Waals surface area contributed by atoms with E-state index in [4.69, 9.17) is 18.9 Å². The van der Waals surface area contributed by atoms with Gasteiger partial charge in [-0.1, -0.05) is 0 Å². The lowest BCUT2D eigenvalue weighted by Crippen LogP contribution is -2.43. The van der Waals surface area contributed by atoms with Gasteiger partial charge in [-0.2, -0.15) is 0 Å². The van der Waals surface area contributed by atoms with Gasteiger partial charge < -0.3 is 24.3 Å². The fourth-order valence-corrected chi connectivity index (χ4v) is 2.69. The van der Waals surface area contributed by atoms with E-state index in [1.165, 1.54) is 32.4 Å². The first-order valence-corrected chi connectivity index (χ1v) is 8.05. The summed E-state index contributed by atoms with van der Waals surface area (Å²) in [4.78, 5) is 30.1. The van der Waals surface area contributed by atoms with Crippen molar-refractivity contribution in [3.05, 3.63) is 30.5 Å². The lowest BCUT2D eigenvalue weighted by atomic mass is 10.2. The van der Waals surface area contributed by atoms with Gasteiger partial charge in [0.05, 0.1) is 21.3 Å². The lowest BCUT2D eigenvalue weighted by molar-refractivity contribution is -0.123. The van der Waals surface area contributed by atoms with E-state index in [-0.39, 0.29) is 19.1 Å². The highest BCUT2D eigenvalue weighted by Crippen LogP contribution is 2.40. The average molecular weight is 373 g/mol. The van der Waals surface area contributed by atoms with Gasteiger partial charge in [0.25, 0.3) is 5.91 Å². The van der Waals surface area contributed by atoms with Crippen molar-refractivity contribution in [1.29, 1.82) is 0 Å². The summed E-state index contributed by atoms with van der Waals surface area (Å²) in [6, 6.07) is 6.60. The number of nitrogens with one attached hydrogen (secondary N) is 1. The first kappa shape index (κ1) is 18.3. The van der Waals surface area contributed by atoms with Crippen molar-refractivity contribution >= 4 is 23.3 Å². The second-order valence-corrected chi connectivity index (χ2v) is 5.56. The normalized spacial score (nSPS) is 12.7. The number of nitrogens with zero attached hydrogens (tertiary/aromatic N) is 2. The number of hydrogen-bond acceptors (Lipinski definition) is 7. The van der Waals surface area contributed by atoms with Crippen LogP contribution in [0.1, 0.15) is 0 Å². The number of amides is 2. The van der Waals surface area contributed by atoms with E-state index in [2.05, 4.69) is 10.3 Å². The SMILES string of the molecule is COc1cc(NC(=O)CN2C(=O)COc3cccnc32)cc(OC)c1OC. The van der Waals surface area contributed by atoms with Crippen LogP contribution in [0.2, 0.25) is 0 Å². The van der Waals surface area contributed by atoms with Gasteiger partial charge in [-0.3, -0.25) is 14.5 Å². The summed E-state index contributed by atoms with van der Waals surface area (Å²) in [7, 11) is 4.46. The monoisotopic (exact) mass is 373 g/mol. The molecular formula is C18H19N3O6. The van der Waals surface area contributed by atoms with Gasteiger partial charge in [-0.15, -0.1) is 0 Å². The number of rotatable bonds is 6. The number of fused-ring (bicyclic) bond motifs is 1. The largest absolute Gasteiger partial charge is 0.493 e. The summed E-state index contributed by atoms with van der Waals surface area (Å²) in [6.07, 6.45) is 1.53. The van der Waals surface area contributed by atoms with Crippen molar-refractivity contribution in [3.8, 4) is 23.0 Å². The Morgan fingerprint density at radius 1 is 1.22 bits per heavy atom. The topological polar surface area (TPSA) is 99.2 Å². The highest BCUT2D eigenvalue weighted by atomic mass is 16.5. The van der Waals surface area contributed by atoms with E-state index >= 15 is 0 Å². The fourth-order valence-electron chi connectivity index (χ4n) is 2.69. The molecule has 0 saturated heterocycles. The standard InChI is InChI=1S/C18H19N3O6/c1-24-13-7-11(8-14(25-2)17(13)26-3)20-15(22)9-21-16(23)10-27-12-5-4-6-19-18(12)21/h4-8H,9-10H2,1-3H3,(H,20,22). The van der Waals surface area contributed by atoms with Crippen LogP contribution in [0.3, 0.4) is 0 Å². The van der Waals surface area contributed by atoms with Gasteiger partial charge in [-0.05, 0) is 12.1 Å². The predicted octanol–water partition coefficient (Wildman–Crippen LogP) is 1.47. The van der Waals surface area contributed by atoms with E-state index in [0.29, 0.717) is 34.5 Å². The van der Waals surface area contributed by atoms with Gasteiger partial charge in [0, 0.05) is 24.0 Å². The Morgan fingerprint density at radius 3 is 2.56 bits per heavy atom. The van der Waals surface area contributed by atoms with Crippen LogP contribution >= 0.6 is 0 Å². The van der Waals surface area contributed by atoms with Crippen LogP contribution in [-0.4, -0.2) is 51.3 Å². The van der Waals surface area contributed by atoms with Crippen LogP contribution in [0, 0.1) is 0 Å². The summed E-state index contributed by atoms with van der Waals surface area (Å²) >= 11 is 0. The number of benzene rings is 1. The predicted molar refractivity (Wildman–Crippen MR) is 96.8 cm³/mol. The Balaban J connectivity index is 1.79.